The average Bonchev–Trinajstić information content (AvgIpc) is 3.15. The molecule has 0 spiro atoms. The van der Waals surface area contributed by atoms with Gasteiger partial charge in [-0.2, -0.15) is 0 Å². The first-order valence-electron chi connectivity index (χ1n) is 9.95. The standard InChI is InChI=1S/C22H18ClFN4O3/c23-14-2-1-3-16(9-14)27-10-13(8-20(27)29)21(30)26-7-6-18-17(12-26)22(31)28-11-15(24)4-5-19(28)25-18/h1-5,9,11,13H,6-8,10,12H2. The highest BCUT2D eigenvalue weighted by Gasteiger charge is 2.38. The number of hydrogen-bond acceptors (Lipinski definition) is 4. The monoisotopic (exact) mass is 440 g/mol. The van der Waals surface area contributed by atoms with E-state index in [0.29, 0.717) is 40.6 Å². The van der Waals surface area contributed by atoms with E-state index in [9.17, 15) is 18.8 Å². The van der Waals surface area contributed by atoms with Crippen LogP contribution in [0.5, 0.6) is 0 Å². The van der Waals surface area contributed by atoms with E-state index in [1.807, 2.05) is 0 Å². The summed E-state index contributed by atoms with van der Waals surface area (Å²) in [4.78, 5) is 46.2. The topological polar surface area (TPSA) is 75.0 Å². The summed E-state index contributed by atoms with van der Waals surface area (Å²) < 4.78 is 14.8. The van der Waals surface area contributed by atoms with Crippen LogP contribution in [0, 0.1) is 11.7 Å². The predicted molar refractivity (Wildman–Crippen MR) is 112 cm³/mol. The lowest BCUT2D eigenvalue weighted by atomic mass is 10.0. The second kappa shape index (κ2) is 7.46. The predicted octanol–water partition coefficient (Wildman–Crippen LogP) is 2.42. The number of carbonyl (C=O) groups is 2. The molecule has 9 heteroatoms. The molecule has 1 atom stereocenters. The second-order valence-corrected chi connectivity index (χ2v) is 8.25. The van der Waals surface area contributed by atoms with Crippen molar-refractivity contribution in [3.63, 3.8) is 0 Å². The molecule has 0 bridgehead atoms. The summed E-state index contributed by atoms with van der Waals surface area (Å²) in [5.74, 6) is -1.35. The van der Waals surface area contributed by atoms with Crippen LogP contribution in [0.3, 0.4) is 0 Å². The number of halogens is 2. The maximum Gasteiger partial charge on any atom is 0.263 e. The van der Waals surface area contributed by atoms with Crippen molar-refractivity contribution in [2.24, 2.45) is 5.92 Å². The number of benzene rings is 1. The molecule has 0 saturated carbocycles. The van der Waals surface area contributed by atoms with Gasteiger partial charge < -0.3 is 9.80 Å². The average molecular weight is 441 g/mol. The van der Waals surface area contributed by atoms with Crippen LogP contribution in [0.4, 0.5) is 10.1 Å². The number of aromatic nitrogens is 2. The minimum absolute atomic E-state index is 0.0985. The highest BCUT2D eigenvalue weighted by atomic mass is 35.5. The number of pyridine rings is 1. The number of carbonyl (C=O) groups excluding carboxylic acids is 2. The third-order valence-corrected chi connectivity index (χ3v) is 6.07. The van der Waals surface area contributed by atoms with Crippen LogP contribution >= 0.6 is 11.6 Å². The molecule has 4 heterocycles. The molecular weight excluding hydrogens is 423 g/mol. The van der Waals surface area contributed by atoms with Gasteiger partial charge in [0, 0.05) is 42.8 Å². The van der Waals surface area contributed by atoms with Gasteiger partial charge >= 0.3 is 0 Å². The minimum Gasteiger partial charge on any atom is -0.337 e. The summed E-state index contributed by atoms with van der Waals surface area (Å²) >= 11 is 6.03. The number of hydrogen-bond donors (Lipinski definition) is 0. The molecule has 0 N–H and O–H groups in total. The molecule has 1 unspecified atom stereocenters. The molecule has 0 radical (unpaired) electrons. The Bertz CT molecular complexity index is 1290. The summed E-state index contributed by atoms with van der Waals surface area (Å²) in [6.07, 6.45) is 1.64. The molecule has 1 aromatic carbocycles. The van der Waals surface area contributed by atoms with Crippen LogP contribution in [0.2, 0.25) is 5.02 Å². The fourth-order valence-corrected chi connectivity index (χ4v) is 4.47. The minimum atomic E-state index is -0.536. The number of fused-ring (bicyclic) bond motifs is 2. The zero-order chi connectivity index (χ0) is 21.7. The Kier molecular flexibility index (Phi) is 4.74. The molecule has 0 aliphatic carbocycles. The molecule has 2 aliphatic heterocycles. The van der Waals surface area contributed by atoms with Gasteiger partial charge in [0.25, 0.3) is 5.56 Å². The van der Waals surface area contributed by atoms with Crippen LogP contribution < -0.4 is 10.5 Å². The fraction of sp³-hybridized carbons (Fsp3) is 0.273. The van der Waals surface area contributed by atoms with Crippen LogP contribution in [0.15, 0.2) is 47.4 Å². The van der Waals surface area contributed by atoms with E-state index in [2.05, 4.69) is 4.98 Å². The zero-order valence-corrected chi connectivity index (χ0v) is 17.2. The third kappa shape index (κ3) is 3.46. The van der Waals surface area contributed by atoms with E-state index >= 15 is 0 Å². The number of amides is 2. The van der Waals surface area contributed by atoms with Crippen molar-refractivity contribution in [2.75, 3.05) is 18.0 Å². The van der Waals surface area contributed by atoms with Gasteiger partial charge in [0.1, 0.15) is 11.5 Å². The molecular formula is C22H18ClFN4O3. The van der Waals surface area contributed by atoms with Crippen molar-refractivity contribution in [1.29, 1.82) is 0 Å². The van der Waals surface area contributed by atoms with Crippen LogP contribution in [0.25, 0.3) is 5.65 Å². The molecule has 158 valence electrons. The number of anilines is 1. The SMILES string of the molecule is O=C(C1CC(=O)N(c2cccc(Cl)c2)C1)N1CCc2nc3ccc(F)cn3c(=O)c2C1. The summed E-state index contributed by atoms with van der Waals surface area (Å²) in [6.45, 7) is 0.778. The van der Waals surface area contributed by atoms with Crippen molar-refractivity contribution in [3.05, 3.63) is 75.0 Å². The Morgan fingerprint density at radius 3 is 2.84 bits per heavy atom. The van der Waals surface area contributed by atoms with Gasteiger partial charge in [-0.05, 0) is 30.3 Å². The Hall–Kier alpha value is -3.26. The molecule has 2 amide bonds. The van der Waals surface area contributed by atoms with Crippen LogP contribution in [-0.2, 0) is 22.6 Å². The number of rotatable bonds is 2. The fourth-order valence-electron chi connectivity index (χ4n) is 4.28. The summed E-state index contributed by atoms with van der Waals surface area (Å²) in [5, 5.41) is 0.518. The molecule has 5 rings (SSSR count). The Morgan fingerprint density at radius 2 is 2.03 bits per heavy atom. The zero-order valence-electron chi connectivity index (χ0n) is 16.4. The smallest absolute Gasteiger partial charge is 0.263 e. The summed E-state index contributed by atoms with van der Waals surface area (Å²) in [7, 11) is 0. The normalized spacial score (nSPS) is 18.5. The Labute approximate surface area is 181 Å². The first-order chi connectivity index (χ1) is 14.9. The van der Waals surface area contributed by atoms with Crippen molar-refractivity contribution >= 4 is 34.7 Å². The van der Waals surface area contributed by atoms with Gasteiger partial charge in [-0.15, -0.1) is 0 Å². The lowest BCUT2D eigenvalue weighted by Gasteiger charge is -2.30. The summed E-state index contributed by atoms with van der Waals surface area (Å²) in [6, 6.07) is 9.68. The molecule has 2 aliphatic rings. The quantitative estimate of drug-likeness (QED) is 0.613. The molecule has 3 aromatic rings. The maximum atomic E-state index is 13.6. The van der Waals surface area contributed by atoms with Gasteiger partial charge in [0.15, 0.2) is 0 Å². The third-order valence-electron chi connectivity index (χ3n) is 5.84. The van der Waals surface area contributed by atoms with E-state index in [0.717, 1.165) is 6.20 Å². The lowest BCUT2D eigenvalue weighted by molar-refractivity contribution is -0.136. The van der Waals surface area contributed by atoms with Gasteiger partial charge in [-0.3, -0.25) is 18.8 Å². The van der Waals surface area contributed by atoms with Gasteiger partial charge in [-0.25, -0.2) is 9.37 Å². The van der Waals surface area contributed by atoms with Gasteiger partial charge in [0.05, 0.1) is 23.7 Å². The largest absolute Gasteiger partial charge is 0.337 e. The van der Waals surface area contributed by atoms with Crippen molar-refractivity contribution in [1.82, 2.24) is 14.3 Å². The first-order valence-corrected chi connectivity index (χ1v) is 10.3. The highest BCUT2D eigenvalue weighted by molar-refractivity contribution is 6.31. The van der Waals surface area contributed by atoms with E-state index < -0.39 is 11.7 Å². The number of nitrogens with zero attached hydrogens (tertiary/aromatic N) is 4. The Morgan fingerprint density at radius 1 is 1.19 bits per heavy atom. The van der Waals surface area contributed by atoms with Crippen molar-refractivity contribution in [3.8, 4) is 0 Å². The molecule has 1 fully saturated rings. The second-order valence-electron chi connectivity index (χ2n) is 7.81. The highest BCUT2D eigenvalue weighted by Crippen LogP contribution is 2.29. The van der Waals surface area contributed by atoms with Crippen LogP contribution in [0.1, 0.15) is 17.7 Å². The van der Waals surface area contributed by atoms with Crippen LogP contribution in [-0.4, -0.2) is 39.2 Å². The molecule has 1 saturated heterocycles. The van der Waals surface area contributed by atoms with E-state index in [4.69, 9.17) is 11.6 Å². The van der Waals surface area contributed by atoms with E-state index in [-0.39, 0.29) is 36.9 Å². The van der Waals surface area contributed by atoms with E-state index in [1.165, 1.54) is 16.5 Å². The van der Waals surface area contributed by atoms with Gasteiger partial charge in [-0.1, -0.05) is 17.7 Å². The first kappa shape index (κ1) is 19.7. The molecule has 2 aromatic heterocycles. The molecule has 7 nitrogen and oxygen atoms in total. The maximum absolute atomic E-state index is 13.6. The molecule has 31 heavy (non-hydrogen) atoms. The van der Waals surface area contributed by atoms with Gasteiger partial charge in [0.2, 0.25) is 11.8 Å². The Balaban J connectivity index is 1.38. The summed E-state index contributed by atoms with van der Waals surface area (Å²) in [5.41, 5.74) is 1.68. The van der Waals surface area contributed by atoms with Crippen molar-refractivity contribution in [2.45, 2.75) is 19.4 Å². The van der Waals surface area contributed by atoms with Crippen molar-refractivity contribution < 1.29 is 14.0 Å². The van der Waals surface area contributed by atoms with E-state index in [1.54, 1.807) is 34.1 Å². The lowest BCUT2D eigenvalue weighted by Crippen LogP contribution is -2.43.